The van der Waals surface area contributed by atoms with Crippen molar-refractivity contribution in [1.82, 2.24) is 0 Å². The third kappa shape index (κ3) is 2.05. The van der Waals surface area contributed by atoms with E-state index in [0.29, 0.717) is 0 Å². The monoisotopic (exact) mass is 394 g/mol. The minimum atomic E-state index is -1.05. The van der Waals surface area contributed by atoms with E-state index in [2.05, 4.69) is 0 Å². The van der Waals surface area contributed by atoms with Gasteiger partial charge in [-0.1, -0.05) is 72.8 Å². The molecule has 0 saturated heterocycles. The van der Waals surface area contributed by atoms with Gasteiger partial charge in [-0.05, 0) is 43.8 Å². The summed E-state index contributed by atoms with van der Waals surface area (Å²) in [7, 11) is 0. The summed E-state index contributed by atoms with van der Waals surface area (Å²) in [5, 5.41) is 24.4. The zero-order valence-electron chi connectivity index (χ0n) is 15.9. The molecule has 0 saturated carbocycles. The molecule has 0 aromatic heterocycles. The first-order valence-corrected chi connectivity index (χ1v) is 10.1. The number of hydrogen-bond acceptors (Lipinski definition) is 2. The van der Waals surface area contributed by atoms with Gasteiger partial charge in [0, 0.05) is 11.8 Å². The predicted molar refractivity (Wildman–Crippen MR) is 114 cm³/mol. The van der Waals surface area contributed by atoms with Gasteiger partial charge in [0.1, 0.15) is 0 Å². The fourth-order valence-electron chi connectivity index (χ4n) is 5.93. The van der Waals surface area contributed by atoms with Gasteiger partial charge < -0.3 is 10.2 Å². The van der Waals surface area contributed by atoms with Crippen LogP contribution in [0.4, 0.5) is 0 Å². The Bertz CT molecular complexity index is 1280. The molecule has 4 atom stereocenters. The largest absolute Gasteiger partial charge is 0.481 e. The van der Waals surface area contributed by atoms with Crippen molar-refractivity contribution in [2.45, 2.75) is 11.8 Å². The summed E-state index contributed by atoms with van der Waals surface area (Å²) in [5.41, 5.74) is 3.86. The third-order valence-electron chi connectivity index (χ3n) is 6.98. The zero-order valence-corrected chi connectivity index (χ0v) is 15.9. The first-order chi connectivity index (χ1) is 14.6. The van der Waals surface area contributed by atoms with Gasteiger partial charge in [-0.25, -0.2) is 0 Å². The molecule has 0 heterocycles. The highest BCUT2D eigenvalue weighted by molar-refractivity contribution is 5.97. The average Bonchev–Trinajstić information content (AvgIpc) is 2.77. The molecule has 30 heavy (non-hydrogen) atoms. The first kappa shape index (κ1) is 17.2. The second kappa shape index (κ2) is 5.92. The third-order valence-corrected chi connectivity index (χ3v) is 6.98. The van der Waals surface area contributed by atoms with E-state index < -0.39 is 35.6 Å². The van der Waals surface area contributed by atoms with Crippen LogP contribution in [0.15, 0.2) is 72.8 Å². The van der Waals surface area contributed by atoms with Gasteiger partial charge in [-0.3, -0.25) is 9.59 Å². The lowest BCUT2D eigenvalue weighted by atomic mass is 9.53. The molecule has 146 valence electrons. The molecule has 0 spiro atoms. The number of carbonyl (C=O) groups is 2. The molecule has 4 nitrogen and oxygen atoms in total. The number of hydrogen-bond donors (Lipinski definition) is 2. The van der Waals surface area contributed by atoms with E-state index in [1.807, 2.05) is 72.8 Å². The van der Waals surface area contributed by atoms with Crippen molar-refractivity contribution in [3.8, 4) is 0 Å². The molecule has 3 aliphatic rings. The highest BCUT2D eigenvalue weighted by Crippen LogP contribution is 2.61. The standard InChI is InChI=1S/C26H18O4/c27-25(28)23-21-18-12-10-14-6-2-4-8-16(14)20(18)22(24(23)26(29)30)17-11-9-13-5-1-3-7-15(13)19(17)21/h1-12,21-24H,(H,27,28)(H,29,30)/t21-,22+,23-,24-/m0/s1. The fraction of sp³-hybridized carbons (Fsp3) is 0.154. The molecule has 0 fully saturated rings. The predicted octanol–water partition coefficient (Wildman–Crippen LogP) is 4.99. The summed E-state index contributed by atoms with van der Waals surface area (Å²) >= 11 is 0. The number of carboxylic acid groups (broad SMARTS) is 2. The van der Waals surface area contributed by atoms with Crippen LogP contribution in [0, 0.1) is 11.8 Å². The lowest BCUT2D eigenvalue weighted by molar-refractivity contribution is -0.156. The molecule has 2 bridgehead atoms. The molecule has 0 unspecified atom stereocenters. The molecule has 7 rings (SSSR count). The van der Waals surface area contributed by atoms with Gasteiger partial charge in [-0.2, -0.15) is 0 Å². The Labute approximate surface area is 172 Å². The number of benzene rings is 4. The van der Waals surface area contributed by atoms with Crippen LogP contribution >= 0.6 is 0 Å². The van der Waals surface area contributed by atoms with Crippen LogP contribution in [0.25, 0.3) is 21.5 Å². The summed E-state index contributed by atoms with van der Waals surface area (Å²) in [4.78, 5) is 24.8. The van der Waals surface area contributed by atoms with Gasteiger partial charge >= 0.3 is 11.9 Å². The van der Waals surface area contributed by atoms with E-state index in [1.54, 1.807) is 0 Å². The lowest BCUT2D eigenvalue weighted by Crippen LogP contribution is -2.47. The first-order valence-electron chi connectivity index (χ1n) is 10.1. The Hall–Kier alpha value is -3.66. The molecular weight excluding hydrogens is 376 g/mol. The van der Waals surface area contributed by atoms with Crippen LogP contribution in [0.3, 0.4) is 0 Å². The summed E-state index contributed by atoms with van der Waals surface area (Å²) in [6.45, 7) is 0. The summed E-state index contributed by atoms with van der Waals surface area (Å²) in [5.74, 6) is -5.08. The van der Waals surface area contributed by atoms with Crippen molar-refractivity contribution in [1.29, 1.82) is 0 Å². The van der Waals surface area contributed by atoms with Crippen LogP contribution in [0.1, 0.15) is 34.1 Å². The normalized spacial score (nSPS) is 23.9. The molecule has 0 amide bonds. The molecule has 2 N–H and O–H groups in total. The molecule has 4 heteroatoms. The van der Waals surface area contributed by atoms with Gasteiger partial charge in [-0.15, -0.1) is 0 Å². The van der Waals surface area contributed by atoms with Crippen LogP contribution in [-0.4, -0.2) is 22.2 Å². The summed E-state index contributed by atoms with van der Waals surface area (Å²) < 4.78 is 0. The van der Waals surface area contributed by atoms with Crippen LogP contribution in [0.2, 0.25) is 0 Å². The summed E-state index contributed by atoms with van der Waals surface area (Å²) in [6, 6.07) is 24.0. The summed E-state index contributed by atoms with van der Waals surface area (Å²) in [6.07, 6.45) is 0. The van der Waals surface area contributed by atoms with Crippen molar-refractivity contribution in [2.75, 3.05) is 0 Å². The Kier molecular flexibility index (Phi) is 3.40. The molecule has 4 aromatic rings. The quantitative estimate of drug-likeness (QED) is 0.503. The Balaban J connectivity index is 1.79. The lowest BCUT2D eigenvalue weighted by Gasteiger charge is -2.48. The highest BCUT2D eigenvalue weighted by atomic mass is 16.4. The number of rotatable bonds is 2. The SMILES string of the molecule is O=C(O)[C@H]1[C@@H]2c3ccc4ccccc4c3[C@H](c3ccc4ccccc4c32)[C@@H]1C(=O)O. The Morgan fingerprint density at radius 1 is 0.567 bits per heavy atom. The fourth-order valence-corrected chi connectivity index (χ4v) is 5.93. The molecule has 0 radical (unpaired) electrons. The maximum atomic E-state index is 12.4. The number of fused-ring (bicyclic) bond motifs is 3. The van der Waals surface area contributed by atoms with Crippen LogP contribution in [-0.2, 0) is 9.59 Å². The van der Waals surface area contributed by atoms with E-state index in [-0.39, 0.29) is 0 Å². The molecule has 3 aliphatic carbocycles. The van der Waals surface area contributed by atoms with E-state index >= 15 is 0 Å². The second-order valence-corrected chi connectivity index (χ2v) is 8.26. The maximum Gasteiger partial charge on any atom is 0.308 e. The minimum absolute atomic E-state index is 0.491. The van der Waals surface area contributed by atoms with E-state index in [1.165, 1.54) is 0 Å². The van der Waals surface area contributed by atoms with Crippen LogP contribution < -0.4 is 0 Å². The second-order valence-electron chi connectivity index (χ2n) is 8.26. The van der Waals surface area contributed by atoms with Gasteiger partial charge in [0.2, 0.25) is 0 Å². The van der Waals surface area contributed by atoms with Crippen molar-refractivity contribution >= 4 is 33.5 Å². The zero-order chi connectivity index (χ0) is 20.6. The Morgan fingerprint density at radius 3 is 1.37 bits per heavy atom. The van der Waals surface area contributed by atoms with Crippen molar-refractivity contribution in [3.63, 3.8) is 0 Å². The topological polar surface area (TPSA) is 74.6 Å². The van der Waals surface area contributed by atoms with E-state index in [9.17, 15) is 19.8 Å². The van der Waals surface area contributed by atoms with E-state index in [0.717, 1.165) is 43.8 Å². The van der Waals surface area contributed by atoms with Gasteiger partial charge in [0.25, 0.3) is 0 Å². The molecule has 4 aromatic carbocycles. The van der Waals surface area contributed by atoms with E-state index in [4.69, 9.17) is 0 Å². The molecular formula is C26H18O4. The van der Waals surface area contributed by atoms with Crippen molar-refractivity contribution in [3.05, 3.63) is 95.1 Å². The van der Waals surface area contributed by atoms with Gasteiger partial charge in [0.05, 0.1) is 11.8 Å². The highest BCUT2D eigenvalue weighted by Gasteiger charge is 2.56. The Morgan fingerprint density at radius 2 is 0.967 bits per heavy atom. The minimum Gasteiger partial charge on any atom is -0.481 e. The van der Waals surface area contributed by atoms with Gasteiger partial charge in [0.15, 0.2) is 0 Å². The smallest absolute Gasteiger partial charge is 0.308 e. The maximum absolute atomic E-state index is 12.4. The number of carboxylic acids is 2. The molecule has 0 aliphatic heterocycles. The van der Waals surface area contributed by atoms with Crippen molar-refractivity contribution < 1.29 is 19.8 Å². The average molecular weight is 394 g/mol. The van der Waals surface area contributed by atoms with Crippen LogP contribution in [0.5, 0.6) is 0 Å². The number of aliphatic carboxylic acids is 2. The van der Waals surface area contributed by atoms with Crippen molar-refractivity contribution in [2.24, 2.45) is 11.8 Å².